The van der Waals surface area contributed by atoms with Crippen molar-refractivity contribution in [3.05, 3.63) is 41.1 Å². The molecule has 114 valence electrons. The molecule has 0 bridgehead atoms. The monoisotopic (exact) mass is 299 g/mol. The van der Waals surface area contributed by atoms with Crippen LogP contribution in [0.2, 0.25) is 0 Å². The molecule has 0 spiro atoms. The van der Waals surface area contributed by atoms with E-state index in [1.54, 1.807) is 0 Å². The molecule has 0 radical (unpaired) electrons. The molecule has 0 heterocycles. The fourth-order valence-electron chi connectivity index (χ4n) is 1.57. The lowest BCUT2D eigenvalue weighted by Crippen LogP contribution is -2.36. The average molecular weight is 299 g/mol. The molecule has 1 unspecified atom stereocenters. The Morgan fingerprint density at radius 3 is 2.38 bits per heavy atom. The van der Waals surface area contributed by atoms with Crippen LogP contribution < -0.4 is 15.5 Å². The molecule has 2 N–H and O–H groups in total. The highest BCUT2D eigenvalue weighted by Gasteiger charge is 2.15. The lowest BCUT2D eigenvalue weighted by atomic mass is 10.1. The van der Waals surface area contributed by atoms with Gasteiger partial charge in [0, 0.05) is 29.4 Å². The molecule has 0 aliphatic rings. The molecule has 6 nitrogen and oxygen atoms in total. The molecule has 1 atom stereocenters. The minimum Gasteiger partial charge on any atom is -0.545 e. The summed E-state index contributed by atoms with van der Waals surface area (Å²) in [4.78, 5) is 21.1. The number of hydrogen-bond donors (Lipinski definition) is 2. The van der Waals surface area contributed by atoms with Crippen molar-refractivity contribution in [3.8, 4) is 0 Å². The van der Waals surface area contributed by atoms with Crippen LogP contribution in [0.4, 0.5) is 14.5 Å². The predicted octanol–water partition coefficient (Wildman–Crippen LogP) is -1.32. The van der Waals surface area contributed by atoms with Crippen molar-refractivity contribution in [2.75, 3.05) is 5.32 Å². The molecule has 1 aromatic carbocycles. The van der Waals surface area contributed by atoms with Gasteiger partial charge in [0.05, 0.1) is 18.0 Å². The van der Waals surface area contributed by atoms with Crippen molar-refractivity contribution in [3.63, 3.8) is 0 Å². The summed E-state index contributed by atoms with van der Waals surface area (Å²) in [6.45, 7) is 1.34. The van der Waals surface area contributed by atoms with Gasteiger partial charge in [0.25, 0.3) is 0 Å². The van der Waals surface area contributed by atoms with Gasteiger partial charge in [-0.2, -0.15) is 0 Å². The van der Waals surface area contributed by atoms with Gasteiger partial charge >= 0.3 is 0 Å². The first-order valence-corrected chi connectivity index (χ1v) is 5.78. The number of carboxylic acid groups (broad SMARTS) is 2. The largest absolute Gasteiger partial charge is 0.545 e. The van der Waals surface area contributed by atoms with Gasteiger partial charge in [0.15, 0.2) is 11.6 Å². The number of nitrogens with one attached hydrogen (secondary N) is 1. The van der Waals surface area contributed by atoms with E-state index in [0.29, 0.717) is 6.20 Å². The SMILES string of the molecule is CC(O)Cc1c(NC=C(C(=O)[O-])C(=O)[O-])ccc(F)c1F. The first-order chi connectivity index (χ1) is 9.73. The second-order valence-electron chi connectivity index (χ2n) is 4.22. The Hall–Kier alpha value is -2.48. The van der Waals surface area contributed by atoms with Crippen LogP contribution in [-0.2, 0) is 16.0 Å². The van der Waals surface area contributed by atoms with Gasteiger partial charge in [-0.25, -0.2) is 8.78 Å². The molecule has 0 aliphatic carbocycles. The molecular weight excluding hydrogens is 288 g/mol. The zero-order chi connectivity index (χ0) is 16.2. The van der Waals surface area contributed by atoms with Crippen LogP contribution in [0.25, 0.3) is 0 Å². The summed E-state index contributed by atoms with van der Waals surface area (Å²) < 4.78 is 26.8. The molecule has 0 amide bonds. The number of carbonyl (C=O) groups is 2. The smallest absolute Gasteiger partial charge is 0.164 e. The molecule has 0 aliphatic heterocycles. The molecular formula is C13H11F2NO5-2. The summed E-state index contributed by atoms with van der Waals surface area (Å²) in [5, 5.41) is 32.6. The number of aliphatic carboxylic acids is 2. The quantitative estimate of drug-likeness (QED) is 0.383. The third kappa shape index (κ3) is 4.25. The number of halogens is 2. The van der Waals surface area contributed by atoms with Gasteiger partial charge in [-0.05, 0) is 19.1 Å². The first kappa shape index (κ1) is 16.6. The van der Waals surface area contributed by atoms with Gasteiger partial charge in [-0.3, -0.25) is 0 Å². The molecule has 1 rings (SSSR count). The van der Waals surface area contributed by atoms with E-state index < -0.39 is 35.3 Å². The van der Waals surface area contributed by atoms with Crippen LogP contribution >= 0.6 is 0 Å². The molecule has 0 aromatic heterocycles. The number of aliphatic hydroxyl groups excluding tert-OH is 1. The van der Waals surface area contributed by atoms with Crippen LogP contribution in [0.5, 0.6) is 0 Å². The maximum absolute atomic E-state index is 13.7. The fourth-order valence-corrected chi connectivity index (χ4v) is 1.57. The van der Waals surface area contributed by atoms with Crippen molar-refractivity contribution in [2.45, 2.75) is 19.4 Å². The second kappa shape index (κ2) is 6.80. The highest BCUT2D eigenvalue weighted by molar-refractivity contribution is 6.10. The summed E-state index contributed by atoms with van der Waals surface area (Å²) in [5.74, 6) is -6.37. The Labute approximate surface area is 118 Å². The minimum absolute atomic E-state index is 0.0881. The van der Waals surface area contributed by atoms with E-state index in [1.807, 2.05) is 0 Å². The van der Waals surface area contributed by atoms with E-state index in [-0.39, 0.29) is 17.7 Å². The fraction of sp³-hybridized carbons (Fsp3) is 0.231. The minimum atomic E-state index is -2.00. The van der Waals surface area contributed by atoms with Crippen molar-refractivity contribution in [1.29, 1.82) is 0 Å². The van der Waals surface area contributed by atoms with Gasteiger partial charge in [0.2, 0.25) is 0 Å². The van der Waals surface area contributed by atoms with Crippen LogP contribution in [0.1, 0.15) is 12.5 Å². The van der Waals surface area contributed by atoms with E-state index in [9.17, 15) is 33.7 Å². The second-order valence-corrected chi connectivity index (χ2v) is 4.22. The number of aliphatic hydroxyl groups is 1. The molecule has 0 fully saturated rings. The Bertz CT molecular complexity index is 582. The van der Waals surface area contributed by atoms with Crippen LogP contribution in [0.3, 0.4) is 0 Å². The van der Waals surface area contributed by atoms with Crippen molar-refractivity contribution in [2.24, 2.45) is 0 Å². The van der Waals surface area contributed by atoms with Gasteiger partial charge in [-0.1, -0.05) is 0 Å². The Morgan fingerprint density at radius 2 is 1.90 bits per heavy atom. The van der Waals surface area contributed by atoms with E-state index in [0.717, 1.165) is 12.1 Å². The summed E-state index contributed by atoms with van der Waals surface area (Å²) in [6, 6.07) is 1.85. The zero-order valence-corrected chi connectivity index (χ0v) is 10.9. The van der Waals surface area contributed by atoms with Crippen LogP contribution in [0, 0.1) is 11.6 Å². The van der Waals surface area contributed by atoms with Crippen LogP contribution in [0.15, 0.2) is 23.9 Å². The lowest BCUT2D eigenvalue weighted by molar-refractivity contribution is -0.312. The summed E-state index contributed by atoms with van der Waals surface area (Å²) >= 11 is 0. The van der Waals surface area contributed by atoms with E-state index in [2.05, 4.69) is 5.32 Å². The Morgan fingerprint density at radius 1 is 1.33 bits per heavy atom. The Kier molecular flexibility index (Phi) is 5.37. The highest BCUT2D eigenvalue weighted by Crippen LogP contribution is 2.23. The predicted molar refractivity (Wildman–Crippen MR) is 63.5 cm³/mol. The molecule has 1 aromatic rings. The highest BCUT2D eigenvalue weighted by atomic mass is 19.2. The number of hydrogen-bond acceptors (Lipinski definition) is 6. The maximum Gasteiger partial charge on any atom is 0.164 e. The lowest BCUT2D eigenvalue weighted by Gasteiger charge is -2.15. The van der Waals surface area contributed by atoms with Crippen molar-refractivity contribution >= 4 is 17.6 Å². The van der Waals surface area contributed by atoms with Gasteiger partial charge < -0.3 is 30.2 Å². The molecule has 0 saturated carbocycles. The van der Waals surface area contributed by atoms with Crippen molar-refractivity contribution in [1.82, 2.24) is 0 Å². The molecule has 0 saturated heterocycles. The normalized spacial score (nSPS) is 11.6. The molecule has 21 heavy (non-hydrogen) atoms. The molecule has 8 heteroatoms. The Balaban J connectivity index is 3.19. The van der Waals surface area contributed by atoms with E-state index in [4.69, 9.17) is 0 Å². The number of anilines is 1. The zero-order valence-electron chi connectivity index (χ0n) is 10.9. The standard InChI is InChI=1S/C13H13F2NO5/c1-6(17)4-7-10(3-2-9(14)11(7)15)16-5-8(12(18)19)13(20)21/h2-3,5-6,16-17H,4H2,1H3,(H,18,19)(H,20,21)/p-2. The average Bonchev–Trinajstić information content (AvgIpc) is 2.36. The number of carbonyl (C=O) groups excluding carboxylic acids is 2. The number of benzene rings is 1. The van der Waals surface area contributed by atoms with Gasteiger partial charge in [0.1, 0.15) is 0 Å². The van der Waals surface area contributed by atoms with E-state index in [1.165, 1.54) is 6.92 Å². The maximum atomic E-state index is 13.7. The topological polar surface area (TPSA) is 113 Å². The summed E-state index contributed by atoms with van der Waals surface area (Å²) in [7, 11) is 0. The summed E-state index contributed by atoms with van der Waals surface area (Å²) in [5.41, 5.74) is -1.53. The van der Waals surface area contributed by atoms with Crippen molar-refractivity contribution < 1.29 is 33.7 Å². The first-order valence-electron chi connectivity index (χ1n) is 5.78. The van der Waals surface area contributed by atoms with Gasteiger partial charge in [-0.15, -0.1) is 0 Å². The third-order valence-electron chi connectivity index (χ3n) is 2.51. The number of carboxylic acids is 2. The number of rotatable bonds is 6. The third-order valence-corrected chi connectivity index (χ3v) is 2.51. The summed E-state index contributed by atoms with van der Waals surface area (Å²) in [6.07, 6.45) is -0.721. The van der Waals surface area contributed by atoms with Crippen LogP contribution in [-0.4, -0.2) is 23.1 Å². The van der Waals surface area contributed by atoms with E-state index >= 15 is 0 Å².